The highest BCUT2D eigenvalue weighted by molar-refractivity contribution is 6.38. The lowest BCUT2D eigenvalue weighted by Gasteiger charge is -2.14. The molecule has 3 heterocycles. The van der Waals surface area contributed by atoms with E-state index in [2.05, 4.69) is 15.2 Å². The van der Waals surface area contributed by atoms with Crippen molar-refractivity contribution in [2.24, 2.45) is 0 Å². The molecule has 4 aromatic rings. The lowest BCUT2D eigenvalue weighted by Crippen LogP contribution is -2.30. The summed E-state index contributed by atoms with van der Waals surface area (Å²) in [5.41, 5.74) is 1.25. The Morgan fingerprint density at radius 2 is 1.68 bits per heavy atom. The molecule has 0 radical (unpaired) electrons. The number of para-hydroxylation sites is 1. The third kappa shape index (κ3) is 2.18. The summed E-state index contributed by atoms with van der Waals surface area (Å²) < 4.78 is 27.5. The summed E-state index contributed by atoms with van der Waals surface area (Å²) in [6, 6.07) is 11.1. The molecule has 5 rings (SSSR count). The van der Waals surface area contributed by atoms with Gasteiger partial charge in [-0.25, -0.2) is 18.7 Å². The number of nitrogens with zero attached hydrogens (tertiary/aromatic N) is 3. The van der Waals surface area contributed by atoms with Crippen molar-refractivity contribution in [3.05, 3.63) is 77.5 Å². The molecule has 0 spiro atoms. The molecule has 0 saturated heterocycles. The zero-order valence-electron chi connectivity index (χ0n) is 14.1. The Hall–Kier alpha value is -3.94. The number of rotatable bonds is 2. The number of aromatic amines is 1. The Balaban J connectivity index is 1.75. The highest BCUT2D eigenvalue weighted by Gasteiger charge is 2.40. The van der Waals surface area contributed by atoms with Gasteiger partial charge in [-0.1, -0.05) is 12.1 Å². The first kappa shape index (κ1) is 16.2. The second-order valence-corrected chi connectivity index (χ2v) is 6.25. The smallest absolute Gasteiger partial charge is 0.267 e. The van der Waals surface area contributed by atoms with Gasteiger partial charge in [-0.2, -0.15) is 5.10 Å². The van der Waals surface area contributed by atoms with E-state index in [-0.39, 0.29) is 22.5 Å². The molecule has 0 atom stereocenters. The number of H-pyrrole nitrogens is 1. The van der Waals surface area contributed by atoms with E-state index in [1.807, 2.05) is 0 Å². The van der Waals surface area contributed by atoms with Gasteiger partial charge < -0.3 is 0 Å². The summed E-state index contributed by atoms with van der Waals surface area (Å²) in [5.74, 6) is -2.42. The largest absolute Gasteiger partial charge is 0.275 e. The van der Waals surface area contributed by atoms with Crippen molar-refractivity contribution in [2.75, 3.05) is 4.90 Å². The summed E-state index contributed by atoms with van der Waals surface area (Å²) in [7, 11) is 0. The van der Waals surface area contributed by atoms with Gasteiger partial charge in [0.05, 0.1) is 27.9 Å². The summed E-state index contributed by atoms with van der Waals surface area (Å²) in [5, 5.41) is 7.21. The fourth-order valence-electron chi connectivity index (χ4n) is 3.37. The van der Waals surface area contributed by atoms with E-state index in [1.54, 1.807) is 0 Å². The molecule has 0 fully saturated rings. The summed E-state index contributed by atoms with van der Waals surface area (Å²) >= 11 is 0. The number of fused-ring (bicyclic) bond motifs is 3. The van der Waals surface area contributed by atoms with Gasteiger partial charge in [0.25, 0.3) is 11.8 Å². The van der Waals surface area contributed by atoms with Crippen LogP contribution in [0, 0.1) is 11.6 Å². The molecule has 2 aromatic carbocycles. The lowest BCUT2D eigenvalue weighted by atomic mass is 10.0. The number of pyridine rings is 1. The lowest BCUT2D eigenvalue weighted by molar-refractivity contribution is 0.0925. The monoisotopic (exact) mass is 376 g/mol. The van der Waals surface area contributed by atoms with Crippen LogP contribution in [0.5, 0.6) is 0 Å². The fourth-order valence-corrected chi connectivity index (χ4v) is 3.37. The van der Waals surface area contributed by atoms with Crippen LogP contribution in [0.2, 0.25) is 0 Å². The van der Waals surface area contributed by atoms with Gasteiger partial charge in [0.15, 0.2) is 5.65 Å². The minimum atomic E-state index is -0.688. The average Bonchev–Trinajstić information content (AvgIpc) is 3.23. The first-order valence-corrected chi connectivity index (χ1v) is 8.32. The van der Waals surface area contributed by atoms with Crippen LogP contribution in [-0.4, -0.2) is 27.0 Å². The van der Waals surface area contributed by atoms with Gasteiger partial charge in [0.1, 0.15) is 11.6 Å². The second-order valence-electron chi connectivity index (χ2n) is 6.25. The molecular weight excluding hydrogens is 366 g/mol. The summed E-state index contributed by atoms with van der Waals surface area (Å²) in [4.78, 5) is 30.9. The molecule has 8 heteroatoms. The predicted octanol–water partition coefficient (Wildman–Crippen LogP) is 3.70. The Morgan fingerprint density at radius 3 is 2.43 bits per heavy atom. The fraction of sp³-hybridized carbons (Fsp3) is 0. The Bertz CT molecular complexity index is 1280. The molecule has 136 valence electrons. The SMILES string of the molecule is O=C1c2cnc3n[nH]c(-c4ccc(F)cc4)c3c2C(=O)N1c1ccccc1F. The molecule has 28 heavy (non-hydrogen) atoms. The number of halogens is 2. The number of hydrogen-bond acceptors (Lipinski definition) is 4. The molecule has 1 aliphatic heterocycles. The highest BCUT2D eigenvalue weighted by Crippen LogP contribution is 2.36. The molecule has 1 aliphatic rings. The average molecular weight is 376 g/mol. The minimum absolute atomic E-state index is 0.0607. The van der Waals surface area contributed by atoms with Crippen molar-refractivity contribution < 1.29 is 18.4 Å². The maximum atomic E-state index is 14.2. The topological polar surface area (TPSA) is 79.0 Å². The third-order valence-corrected chi connectivity index (χ3v) is 4.66. The molecule has 2 amide bonds. The van der Waals surface area contributed by atoms with E-state index >= 15 is 0 Å². The molecule has 0 saturated carbocycles. The molecule has 0 bridgehead atoms. The maximum Gasteiger partial charge on any atom is 0.267 e. The number of benzene rings is 2. The van der Waals surface area contributed by atoms with E-state index in [4.69, 9.17) is 0 Å². The highest BCUT2D eigenvalue weighted by atomic mass is 19.1. The number of anilines is 1. The van der Waals surface area contributed by atoms with Gasteiger partial charge in [-0.15, -0.1) is 0 Å². The minimum Gasteiger partial charge on any atom is -0.275 e. The van der Waals surface area contributed by atoms with E-state index in [0.29, 0.717) is 16.6 Å². The first-order valence-electron chi connectivity index (χ1n) is 8.32. The van der Waals surface area contributed by atoms with Gasteiger partial charge in [0.2, 0.25) is 0 Å². The number of nitrogens with one attached hydrogen (secondary N) is 1. The van der Waals surface area contributed by atoms with Crippen molar-refractivity contribution >= 4 is 28.5 Å². The van der Waals surface area contributed by atoms with Gasteiger partial charge in [0, 0.05) is 11.8 Å². The normalized spacial score (nSPS) is 13.4. The molecule has 1 N–H and O–H groups in total. The Kier molecular flexibility index (Phi) is 3.35. The van der Waals surface area contributed by atoms with Crippen molar-refractivity contribution in [1.82, 2.24) is 15.2 Å². The predicted molar refractivity (Wildman–Crippen MR) is 96.8 cm³/mol. The van der Waals surface area contributed by atoms with E-state index in [9.17, 15) is 18.4 Å². The van der Waals surface area contributed by atoms with Gasteiger partial charge >= 0.3 is 0 Å². The van der Waals surface area contributed by atoms with Gasteiger partial charge in [-0.3, -0.25) is 14.7 Å². The number of imide groups is 1. The van der Waals surface area contributed by atoms with Crippen molar-refractivity contribution in [1.29, 1.82) is 0 Å². The number of carbonyl (C=O) groups is 2. The summed E-state index contributed by atoms with van der Waals surface area (Å²) in [6.07, 6.45) is 1.26. The first-order chi connectivity index (χ1) is 13.6. The van der Waals surface area contributed by atoms with Crippen LogP contribution in [-0.2, 0) is 0 Å². The zero-order chi connectivity index (χ0) is 19.4. The second kappa shape index (κ2) is 5.78. The van der Waals surface area contributed by atoms with Crippen LogP contribution < -0.4 is 4.90 Å². The van der Waals surface area contributed by atoms with Crippen molar-refractivity contribution in [2.45, 2.75) is 0 Å². The van der Waals surface area contributed by atoms with Crippen LogP contribution in [0.3, 0.4) is 0 Å². The van der Waals surface area contributed by atoms with Crippen LogP contribution >= 0.6 is 0 Å². The van der Waals surface area contributed by atoms with Crippen LogP contribution in [0.15, 0.2) is 54.7 Å². The van der Waals surface area contributed by atoms with E-state index < -0.39 is 23.4 Å². The van der Waals surface area contributed by atoms with E-state index in [0.717, 1.165) is 4.90 Å². The molecule has 0 unspecified atom stereocenters. The molecular formula is C20H10F2N4O2. The third-order valence-electron chi connectivity index (χ3n) is 4.66. The van der Waals surface area contributed by atoms with Crippen LogP contribution in [0.4, 0.5) is 14.5 Å². The molecule has 6 nitrogen and oxygen atoms in total. The quantitative estimate of drug-likeness (QED) is 0.541. The zero-order valence-corrected chi connectivity index (χ0v) is 14.1. The van der Waals surface area contributed by atoms with E-state index in [1.165, 1.54) is 54.7 Å². The standard InChI is InChI=1S/C20H10F2N4O2/c21-11-7-5-10(6-8-11)17-16-15-12(9-23-18(16)25-24-17)19(27)26(20(15)28)14-4-2-1-3-13(14)22/h1-9H,(H,23,24,25). The number of amides is 2. The molecule has 2 aromatic heterocycles. The van der Waals surface area contributed by atoms with Crippen LogP contribution in [0.1, 0.15) is 20.7 Å². The maximum absolute atomic E-state index is 14.2. The summed E-state index contributed by atoms with van der Waals surface area (Å²) in [6.45, 7) is 0. The number of hydrogen-bond donors (Lipinski definition) is 1. The van der Waals surface area contributed by atoms with Crippen molar-refractivity contribution in [3.8, 4) is 11.3 Å². The number of carbonyl (C=O) groups excluding carboxylic acids is 2. The number of aromatic nitrogens is 3. The Labute approximate surface area is 156 Å². The van der Waals surface area contributed by atoms with Crippen LogP contribution in [0.25, 0.3) is 22.3 Å². The Morgan fingerprint density at radius 1 is 0.929 bits per heavy atom. The van der Waals surface area contributed by atoms with Crippen molar-refractivity contribution in [3.63, 3.8) is 0 Å². The molecule has 0 aliphatic carbocycles. The van der Waals surface area contributed by atoms with Gasteiger partial charge in [-0.05, 0) is 36.4 Å².